The maximum atomic E-state index is 12.8. The molecular formula is C25H23BrN4O. The predicted molar refractivity (Wildman–Crippen MR) is 129 cm³/mol. The van der Waals surface area contributed by atoms with Crippen LogP contribution in [0.15, 0.2) is 83.3 Å². The molecular weight excluding hydrogens is 452 g/mol. The summed E-state index contributed by atoms with van der Waals surface area (Å²) >= 11 is 3.64. The van der Waals surface area contributed by atoms with Gasteiger partial charge in [0, 0.05) is 22.1 Å². The molecule has 6 heteroatoms. The number of aryl methyl sites for hydroxylation is 1. The molecule has 0 aliphatic heterocycles. The Hall–Kier alpha value is -3.38. The Morgan fingerprint density at radius 1 is 1.00 bits per heavy atom. The largest absolute Gasteiger partial charge is 0.369 e. The van der Waals surface area contributed by atoms with Crippen LogP contribution in [0.5, 0.6) is 0 Å². The summed E-state index contributed by atoms with van der Waals surface area (Å²) in [6.45, 7) is 2.08. The number of amides is 1. The van der Waals surface area contributed by atoms with Crippen LogP contribution in [0.2, 0.25) is 0 Å². The summed E-state index contributed by atoms with van der Waals surface area (Å²) in [5, 5.41) is 2.94. The predicted octanol–water partition coefficient (Wildman–Crippen LogP) is 5.43. The van der Waals surface area contributed by atoms with E-state index in [1.165, 1.54) is 0 Å². The lowest BCUT2D eigenvalue weighted by Gasteiger charge is -2.13. The molecule has 0 aliphatic rings. The number of imidazole rings is 1. The van der Waals surface area contributed by atoms with Crippen LogP contribution in [0.25, 0.3) is 11.3 Å². The van der Waals surface area contributed by atoms with Gasteiger partial charge in [-0.05, 0) is 30.7 Å². The second kappa shape index (κ2) is 9.18. The number of carbonyl (C=O) groups is 1. The van der Waals surface area contributed by atoms with E-state index < -0.39 is 0 Å². The van der Waals surface area contributed by atoms with Gasteiger partial charge in [-0.25, -0.2) is 4.98 Å². The van der Waals surface area contributed by atoms with Crippen LogP contribution >= 0.6 is 15.9 Å². The molecule has 3 aromatic carbocycles. The van der Waals surface area contributed by atoms with E-state index in [0.29, 0.717) is 12.4 Å². The number of nitrogens with zero attached hydrogens (tertiary/aromatic N) is 2. The summed E-state index contributed by atoms with van der Waals surface area (Å²) in [6, 6.07) is 25.7. The Bertz CT molecular complexity index is 1200. The maximum absolute atomic E-state index is 12.8. The minimum atomic E-state index is -0.160. The molecule has 1 aromatic heterocycles. The third-order valence-electron chi connectivity index (χ3n) is 5.05. The monoisotopic (exact) mass is 474 g/mol. The zero-order valence-corrected chi connectivity index (χ0v) is 18.8. The number of nitrogens with two attached hydrogens (primary N) is 1. The van der Waals surface area contributed by atoms with Crippen LogP contribution in [-0.4, -0.2) is 15.5 Å². The highest BCUT2D eigenvalue weighted by Gasteiger charge is 2.21. The molecule has 0 fully saturated rings. The van der Waals surface area contributed by atoms with Crippen LogP contribution in [0.1, 0.15) is 16.8 Å². The Morgan fingerprint density at radius 2 is 1.68 bits per heavy atom. The first-order valence-corrected chi connectivity index (χ1v) is 10.8. The smallest absolute Gasteiger partial charge is 0.244 e. The minimum absolute atomic E-state index is 0.0676. The van der Waals surface area contributed by atoms with Crippen LogP contribution in [0, 0.1) is 6.92 Å². The van der Waals surface area contributed by atoms with E-state index in [9.17, 15) is 4.79 Å². The summed E-state index contributed by atoms with van der Waals surface area (Å²) in [5.41, 5.74) is 11.9. The summed E-state index contributed by atoms with van der Waals surface area (Å²) in [4.78, 5) is 17.5. The molecule has 0 bridgehead atoms. The molecule has 0 spiro atoms. The van der Waals surface area contributed by atoms with Crippen molar-refractivity contribution in [2.45, 2.75) is 19.9 Å². The van der Waals surface area contributed by atoms with Gasteiger partial charge in [0.2, 0.25) is 11.9 Å². The van der Waals surface area contributed by atoms with Gasteiger partial charge in [-0.3, -0.25) is 4.79 Å². The Labute approximate surface area is 190 Å². The Balaban J connectivity index is 1.70. The number of hydrogen-bond donors (Lipinski definition) is 2. The van der Waals surface area contributed by atoms with Gasteiger partial charge in [0.15, 0.2) is 0 Å². The molecule has 0 radical (unpaired) electrons. The summed E-state index contributed by atoms with van der Waals surface area (Å²) in [7, 11) is 0. The first-order chi connectivity index (χ1) is 15.0. The lowest BCUT2D eigenvalue weighted by Crippen LogP contribution is -2.20. The van der Waals surface area contributed by atoms with Crippen molar-refractivity contribution in [3.8, 4) is 11.3 Å². The van der Waals surface area contributed by atoms with Crippen molar-refractivity contribution in [2.24, 2.45) is 0 Å². The lowest BCUT2D eigenvalue weighted by atomic mass is 10.0. The molecule has 0 saturated heterocycles. The van der Waals surface area contributed by atoms with Crippen molar-refractivity contribution in [3.05, 3.63) is 100 Å². The first kappa shape index (κ1) is 20.9. The minimum Gasteiger partial charge on any atom is -0.369 e. The van der Waals surface area contributed by atoms with Crippen molar-refractivity contribution in [1.82, 2.24) is 9.55 Å². The molecule has 0 saturated carbocycles. The molecule has 3 N–H and O–H groups in total. The van der Waals surface area contributed by atoms with E-state index in [1.54, 1.807) is 4.57 Å². The number of carbonyl (C=O) groups excluding carboxylic acids is 1. The number of rotatable bonds is 6. The number of nitrogens with one attached hydrogen (secondary N) is 1. The van der Waals surface area contributed by atoms with Crippen molar-refractivity contribution in [3.63, 3.8) is 0 Å². The van der Waals surface area contributed by atoms with Gasteiger partial charge in [0.25, 0.3) is 0 Å². The zero-order chi connectivity index (χ0) is 21.8. The van der Waals surface area contributed by atoms with Gasteiger partial charge in [-0.15, -0.1) is 0 Å². The van der Waals surface area contributed by atoms with E-state index in [2.05, 4.69) is 38.4 Å². The summed E-state index contributed by atoms with van der Waals surface area (Å²) < 4.78 is 2.70. The SMILES string of the molecule is Cc1ccc(NC(=O)Cn2c(N)nc(Cc3ccccc3)c2-c2ccccc2Br)cc1. The molecule has 31 heavy (non-hydrogen) atoms. The molecule has 4 aromatic rings. The van der Waals surface area contributed by atoms with Gasteiger partial charge in [0.1, 0.15) is 6.54 Å². The fourth-order valence-corrected chi connectivity index (χ4v) is 4.00. The van der Waals surface area contributed by atoms with Gasteiger partial charge in [0.05, 0.1) is 11.4 Å². The van der Waals surface area contributed by atoms with E-state index in [1.807, 2.05) is 73.7 Å². The van der Waals surface area contributed by atoms with E-state index in [4.69, 9.17) is 5.73 Å². The van der Waals surface area contributed by atoms with Crippen LogP contribution in [-0.2, 0) is 17.8 Å². The van der Waals surface area contributed by atoms with Crippen molar-refractivity contribution < 1.29 is 4.79 Å². The molecule has 0 unspecified atom stereocenters. The molecule has 0 atom stereocenters. The average Bonchev–Trinajstić information content (AvgIpc) is 3.05. The van der Waals surface area contributed by atoms with E-state index >= 15 is 0 Å². The second-order valence-electron chi connectivity index (χ2n) is 7.41. The fourth-order valence-electron chi connectivity index (χ4n) is 3.53. The van der Waals surface area contributed by atoms with E-state index in [-0.39, 0.29) is 12.5 Å². The van der Waals surface area contributed by atoms with Gasteiger partial charge in [-0.1, -0.05) is 82.2 Å². The molecule has 4 rings (SSSR count). The van der Waals surface area contributed by atoms with Crippen molar-refractivity contribution in [2.75, 3.05) is 11.1 Å². The van der Waals surface area contributed by atoms with Crippen LogP contribution in [0.3, 0.4) is 0 Å². The number of benzene rings is 3. The highest BCUT2D eigenvalue weighted by atomic mass is 79.9. The molecule has 1 heterocycles. The highest BCUT2D eigenvalue weighted by Crippen LogP contribution is 2.33. The standard InChI is InChI=1S/C25H23BrN4O/c1-17-11-13-19(14-12-17)28-23(31)16-30-24(20-9-5-6-10-21(20)26)22(29-25(30)27)15-18-7-3-2-4-8-18/h2-14H,15-16H2,1H3,(H2,27,29)(H,28,31). The summed E-state index contributed by atoms with van der Waals surface area (Å²) in [5.74, 6) is 0.156. The zero-order valence-electron chi connectivity index (χ0n) is 17.2. The number of halogens is 1. The fraction of sp³-hybridized carbons (Fsp3) is 0.120. The number of nitrogen functional groups attached to an aromatic ring is 1. The van der Waals surface area contributed by atoms with Gasteiger partial charge < -0.3 is 15.6 Å². The Morgan fingerprint density at radius 3 is 2.39 bits per heavy atom. The molecule has 0 aliphatic carbocycles. The molecule has 1 amide bonds. The third-order valence-corrected chi connectivity index (χ3v) is 5.74. The van der Waals surface area contributed by atoms with Crippen molar-refractivity contribution in [1.29, 1.82) is 0 Å². The Kier molecular flexibility index (Phi) is 6.18. The van der Waals surface area contributed by atoms with Crippen LogP contribution < -0.4 is 11.1 Å². The highest BCUT2D eigenvalue weighted by molar-refractivity contribution is 9.10. The number of aromatic nitrogens is 2. The lowest BCUT2D eigenvalue weighted by molar-refractivity contribution is -0.116. The quantitative estimate of drug-likeness (QED) is 0.391. The van der Waals surface area contributed by atoms with Gasteiger partial charge in [-0.2, -0.15) is 0 Å². The van der Waals surface area contributed by atoms with Crippen molar-refractivity contribution >= 4 is 33.5 Å². The second-order valence-corrected chi connectivity index (χ2v) is 8.26. The molecule has 156 valence electrons. The average molecular weight is 475 g/mol. The van der Waals surface area contributed by atoms with Gasteiger partial charge >= 0.3 is 0 Å². The first-order valence-electron chi connectivity index (χ1n) is 10.0. The third kappa shape index (κ3) is 4.86. The van der Waals surface area contributed by atoms with Crippen LogP contribution in [0.4, 0.5) is 11.6 Å². The summed E-state index contributed by atoms with van der Waals surface area (Å²) in [6.07, 6.45) is 0.619. The maximum Gasteiger partial charge on any atom is 0.244 e. The normalized spacial score (nSPS) is 10.8. The van der Waals surface area contributed by atoms with E-state index in [0.717, 1.165) is 38.2 Å². The number of hydrogen-bond acceptors (Lipinski definition) is 3. The topological polar surface area (TPSA) is 72.9 Å². The number of anilines is 2. The molecule has 5 nitrogen and oxygen atoms in total.